The maximum Gasteiger partial charge on any atom is 0.223 e. The molecule has 0 unspecified atom stereocenters. The lowest BCUT2D eigenvalue weighted by Crippen LogP contribution is -2.29. The highest BCUT2D eigenvalue weighted by molar-refractivity contribution is 5.80. The van der Waals surface area contributed by atoms with Crippen LogP contribution in [0.2, 0.25) is 0 Å². The van der Waals surface area contributed by atoms with Crippen LogP contribution in [0.5, 0.6) is 5.75 Å². The molecule has 0 spiro atoms. The number of nitrogens with two attached hydrogens (primary N) is 1. The first-order chi connectivity index (χ1) is 7.75. The molecule has 1 saturated carbocycles. The molecule has 1 fully saturated rings. The third-order valence-electron chi connectivity index (χ3n) is 2.50. The van der Waals surface area contributed by atoms with Gasteiger partial charge in [-0.25, -0.2) is 0 Å². The van der Waals surface area contributed by atoms with Crippen molar-refractivity contribution in [2.45, 2.75) is 12.8 Å². The summed E-state index contributed by atoms with van der Waals surface area (Å²) < 4.78 is 5.44. The van der Waals surface area contributed by atoms with Crippen LogP contribution in [-0.4, -0.2) is 19.1 Å². The van der Waals surface area contributed by atoms with Gasteiger partial charge in [0.25, 0.3) is 0 Å². The van der Waals surface area contributed by atoms with Crippen molar-refractivity contribution in [1.82, 2.24) is 5.32 Å². The van der Waals surface area contributed by atoms with Crippen molar-refractivity contribution in [1.29, 1.82) is 0 Å². The second-order valence-corrected chi connectivity index (χ2v) is 3.98. The van der Waals surface area contributed by atoms with Gasteiger partial charge in [0.15, 0.2) is 0 Å². The lowest BCUT2D eigenvalue weighted by Gasteiger charge is -2.07. The second kappa shape index (κ2) is 4.88. The van der Waals surface area contributed by atoms with Crippen molar-refractivity contribution in [3.8, 4) is 5.75 Å². The zero-order valence-electron chi connectivity index (χ0n) is 9.11. The lowest BCUT2D eigenvalue weighted by molar-refractivity contribution is -0.122. The van der Waals surface area contributed by atoms with Gasteiger partial charge in [-0.05, 0) is 37.1 Å². The van der Waals surface area contributed by atoms with Crippen LogP contribution >= 0.6 is 0 Å². The molecule has 0 aliphatic heterocycles. The number of hydrogen-bond acceptors (Lipinski definition) is 3. The minimum atomic E-state index is 0.154. The molecular formula is C12H16N2O2. The van der Waals surface area contributed by atoms with E-state index in [-0.39, 0.29) is 11.8 Å². The van der Waals surface area contributed by atoms with E-state index in [9.17, 15) is 4.79 Å². The molecule has 0 atom stereocenters. The zero-order chi connectivity index (χ0) is 11.4. The average Bonchev–Trinajstić information content (AvgIpc) is 3.10. The number of benzene rings is 1. The van der Waals surface area contributed by atoms with Crippen LogP contribution in [0.25, 0.3) is 0 Å². The molecule has 3 N–H and O–H groups in total. The minimum Gasteiger partial charge on any atom is -0.492 e. The number of nitrogens with one attached hydrogen (secondary N) is 1. The molecule has 0 heterocycles. The van der Waals surface area contributed by atoms with Gasteiger partial charge in [0.2, 0.25) is 5.91 Å². The number of ether oxygens (including phenoxy) is 1. The second-order valence-electron chi connectivity index (χ2n) is 3.98. The molecule has 1 aliphatic rings. The molecule has 1 amide bonds. The van der Waals surface area contributed by atoms with Gasteiger partial charge >= 0.3 is 0 Å². The maximum absolute atomic E-state index is 11.3. The van der Waals surface area contributed by atoms with Crippen molar-refractivity contribution < 1.29 is 9.53 Å². The van der Waals surface area contributed by atoms with Gasteiger partial charge in [-0.15, -0.1) is 0 Å². The van der Waals surface area contributed by atoms with Gasteiger partial charge in [0.05, 0.1) is 6.54 Å². The zero-order valence-corrected chi connectivity index (χ0v) is 9.11. The van der Waals surface area contributed by atoms with Crippen LogP contribution < -0.4 is 15.8 Å². The summed E-state index contributed by atoms with van der Waals surface area (Å²) in [5, 5.41) is 2.84. The van der Waals surface area contributed by atoms with Crippen LogP contribution in [-0.2, 0) is 4.79 Å². The Morgan fingerprint density at radius 3 is 2.69 bits per heavy atom. The van der Waals surface area contributed by atoms with Crippen molar-refractivity contribution in [2.75, 3.05) is 18.9 Å². The van der Waals surface area contributed by atoms with Gasteiger partial charge in [-0.2, -0.15) is 0 Å². The standard InChI is InChI=1S/C12H16N2O2/c13-10-3-5-11(6-4-10)16-8-7-14-12(15)9-1-2-9/h3-6,9H,1-2,7-8,13H2,(H,14,15). The molecule has 2 rings (SSSR count). The molecule has 1 aliphatic carbocycles. The van der Waals surface area contributed by atoms with Crippen LogP contribution in [0.15, 0.2) is 24.3 Å². The Balaban J connectivity index is 1.63. The van der Waals surface area contributed by atoms with E-state index in [4.69, 9.17) is 10.5 Å². The summed E-state index contributed by atoms with van der Waals surface area (Å²) >= 11 is 0. The maximum atomic E-state index is 11.3. The number of hydrogen-bond donors (Lipinski definition) is 2. The minimum absolute atomic E-state index is 0.154. The number of rotatable bonds is 5. The van der Waals surface area contributed by atoms with Gasteiger partial charge < -0.3 is 15.8 Å². The van der Waals surface area contributed by atoms with E-state index < -0.39 is 0 Å². The Bertz CT molecular complexity index is 358. The molecular weight excluding hydrogens is 204 g/mol. The highest BCUT2D eigenvalue weighted by atomic mass is 16.5. The summed E-state index contributed by atoms with van der Waals surface area (Å²) in [5.41, 5.74) is 6.27. The highest BCUT2D eigenvalue weighted by Gasteiger charge is 2.28. The first-order valence-corrected chi connectivity index (χ1v) is 5.52. The number of carbonyl (C=O) groups excluding carboxylic acids is 1. The molecule has 86 valence electrons. The van der Waals surface area contributed by atoms with E-state index >= 15 is 0 Å². The molecule has 0 aromatic heterocycles. The fourth-order valence-electron chi connectivity index (χ4n) is 1.40. The largest absolute Gasteiger partial charge is 0.492 e. The van der Waals surface area contributed by atoms with E-state index in [1.165, 1.54) is 0 Å². The van der Waals surface area contributed by atoms with E-state index in [1.807, 2.05) is 12.1 Å². The van der Waals surface area contributed by atoms with Crippen LogP contribution in [0.3, 0.4) is 0 Å². The Morgan fingerprint density at radius 2 is 2.06 bits per heavy atom. The molecule has 4 heteroatoms. The van der Waals surface area contributed by atoms with Crippen LogP contribution in [0, 0.1) is 5.92 Å². The number of carbonyl (C=O) groups is 1. The van der Waals surface area contributed by atoms with Crippen LogP contribution in [0.1, 0.15) is 12.8 Å². The summed E-state index contributed by atoms with van der Waals surface area (Å²) in [4.78, 5) is 11.3. The highest BCUT2D eigenvalue weighted by Crippen LogP contribution is 2.28. The number of nitrogen functional groups attached to an aromatic ring is 1. The monoisotopic (exact) mass is 220 g/mol. The normalized spacial score (nSPS) is 14.5. The molecule has 0 bridgehead atoms. The molecule has 1 aromatic carbocycles. The Morgan fingerprint density at radius 1 is 1.38 bits per heavy atom. The van der Waals surface area contributed by atoms with E-state index in [0.717, 1.165) is 24.3 Å². The quantitative estimate of drug-likeness (QED) is 0.578. The van der Waals surface area contributed by atoms with Gasteiger partial charge in [0, 0.05) is 11.6 Å². The predicted molar refractivity (Wildman–Crippen MR) is 62.1 cm³/mol. The molecule has 0 saturated heterocycles. The Kier molecular flexibility index (Phi) is 3.29. The number of amides is 1. The fraction of sp³-hybridized carbons (Fsp3) is 0.417. The summed E-state index contributed by atoms with van der Waals surface area (Å²) in [7, 11) is 0. The van der Waals surface area contributed by atoms with Gasteiger partial charge in [0.1, 0.15) is 12.4 Å². The van der Waals surface area contributed by atoms with Crippen molar-refractivity contribution in [3.05, 3.63) is 24.3 Å². The summed E-state index contributed by atoms with van der Waals surface area (Å²) in [6, 6.07) is 7.21. The first-order valence-electron chi connectivity index (χ1n) is 5.52. The van der Waals surface area contributed by atoms with E-state index in [2.05, 4.69) is 5.32 Å². The van der Waals surface area contributed by atoms with E-state index in [1.54, 1.807) is 12.1 Å². The van der Waals surface area contributed by atoms with Crippen molar-refractivity contribution >= 4 is 11.6 Å². The SMILES string of the molecule is Nc1ccc(OCCNC(=O)C2CC2)cc1. The smallest absolute Gasteiger partial charge is 0.223 e. The topological polar surface area (TPSA) is 64.3 Å². The van der Waals surface area contributed by atoms with E-state index in [0.29, 0.717) is 13.2 Å². The summed E-state index contributed by atoms with van der Waals surface area (Å²) in [6.45, 7) is 1.04. The average molecular weight is 220 g/mol. The van der Waals surface area contributed by atoms with Crippen molar-refractivity contribution in [2.24, 2.45) is 5.92 Å². The van der Waals surface area contributed by atoms with Gasteiger partial charge in [-0.1, -0.05) is 0 Å². The third kappa shape index (κ3) is 3.15. The van der Waals surface area contributed by atoms with Crippen molar-refractivity contribution in [3.63, 3.8) is 0 Å². The summed E-state index contributed by atoms with van der Waals surface area (Å²) in [6.07, 6.45) is 2.06. The third-order valence-corrected chi connectivity index (χ3v) is 2.50. The summed E-state index contributed by atoms with van der Waals surface area (Å²) in [5.74, 6) is 1.19. The predicted octanol–water partition coefficient (Wildman–Crippen LogP) is 1.17. The molecule has 16 heavy (non-hydrogen) atoms. The number of anilines is 1. The van der Waals surface area contributed by atoms with Gasteiger partial charge in [-0.3, -0.25) is 4.79 Å². The molecule has 1 aromatic rings. The molecule has 4 nitrogen and oxygen atoms in total. The Hall–Kier alpha value is -1.71. The Labute approximate surface area is 94.8 Å². The van der Waals surface area contributed by atoms with Crippen LogP contribution in [0.4, 0.5) is 5.69 Å². The molecule has 0 radical (unpaired) electrons. The first kappa shape index (κ1) is 10.8. The lowest BCUT2D eigenvalue weighted by atomic mass is 10.3. The fourth-order valence-corrected chi connectivity index (χ4v) is 1.40.